The van der Waals surface area contributed by atoms with Crippen molar-refractivity contribution in [3.8, 4) is 22.3 Å². The highest BCUT2D eigenvalue weighted by Gasteiger charge is 2.38. The molecule has 0 saturated carbocycles. The van der Waals surface area contributed by atoms with E-state index >= 15 is 0 Å². The first-order chi connectivity index (χ1) is 24.8. The van der Waals surface area contributed by atoms with Gasteiger partial charge in [-0.15, -0.1) is 0 Å². The zero-order chi connectivity index (χ0) is 35.5. The second kappa shape index (κ2) is 15.6. The summed E-state index contributed by atoms with van der Waals surface area (Å²) in [6, 6.07) is 62.4. The highest BCUT2D eigenvalue weighted by Crippen LogP contribution is 2.84. The summed E-state index contributed by atoms with van der Waals surface area (Å²) in [6.07, 6.45) is 0. The van der Waals surface area contributed by atoms with E-state index in [-0.39, 0.29) is 0 Å². The summed E-state index contributed by atoms with van der Waals surface area (Å²) >= 11 is 0. The fourth-order valence-electron chi connectivity index (χ4n) is 7.67. The Balaban J connectivity index is 1.70. The number of hydrogen-bond donors (Lipinski definition) is 0. The largest absolute Gasteiger partial charge is 0.0622 e. The second-order valence-electron chi connectivity index (χ2n) is 13.5. The fraction of sp³-hybridized carbons (Fsp3) is 0.125. The predicted octanol–water partition coefficient (Wildman–Crippen LogP) is 12.1. The van der Waals surface area contributed by atoms with Crippen molar-refractivity contribution >= 4 is 49.0 Å². The molecule has 0 atom stereocenters. The standard InChI is InChI=1S/C48H45P3/c1-34-30-36(3)46(37(4)31-34)44-28-19-29-45(47-38(5)32-35(2)33-39(47)6)48(44)51(49(40-20-11-7-12-21-40)41-22-13-8-14-23-41)50(42-24-15-9-16-25-42)43-26-17-10-18-27-43/h7-33H,1-6H3. The van der Waals surface area contributed by atoms with Gasteiger partial charge in [0, 0.05) is 5.30 Å². The molecule has 0 aromatic heterocycles. The van der Waals surface area contributed by atoms with E-state index in [0.29, 0.717) is 0 Å². The van der Waals surface area contributed by atoms with Crippen LogP contribution in [-0.4, -0.2) is 0 Å². The molecular formula is C48H45P3. The molecule has 7 rings (SSSR count). The van der Waals surface area contributed by atoms with Gasteiger partial charge in [-0.3, -0.25) is 0 Å². The van der Waals surface area contributed by atoms with Crippen LogP contribution in [0.5, 0.6) is 0 Å². The predicted molar refractivity (Wildman–Crippen MR) is 230 cm³/mol. The normalized spacial score (nSPS) is 11.5. The minimum atomic E-state index is -0.912. The smallest absolute Gasteiger partial charge is 0.00154 e. The van der Waals surface area contributed by atoms with E-state index in [4.69, 9.17) is 0 Å². The third kappa shape index (κ3) is 7.30. The summed E-state index contributed by atoms with van der Waals surface area (Å²) in [5, 5.41) is 7.24. The summed E-state index contributed by atoms with van der Waals surface area (Å²) in [5.74, 6) is 0. The van der Waals surface area contributed by atoms with Crippen LogP contribution in [0, 0.1) is 41.5 Å². The van der Waals surface area contributed by atoms with Crippen LogP contribution < -0.4 is 26.5 Å². The molecule has 7 aromatic carbocycles. The SMILES string of the molecule is Cc1cc(C)c(-c2cccc(-c3c(C)cc(C)cc3C)c2P(P(c2ccccc2)c2ccccc2)P(c2ccccc2)c2ccccc2)c(C)c1. The lowest BCUT2D eigenvalue weighted by Crippen LogP contribution is -2.22. The Morgan fingerprint density at radius 2 is 0.588 bits per heavy atom. The maximum Gasteiger partial charge on any atom is 0.00154 e. The summed E-state index contributed by atoms with van der Waals surface area (Å²) in [6.45, 7) is 13.7. The van der Waals surface area contributed by atoms with Gasteiger partial charge in [-0.25, -0.2) is 0 Å². The lowest BCUT2D eigenvalue weighted by molar-refractivity contribution is 1.32. The van der Waals surface area contributed by atoms with Crippen molar-refractivity contribution in [2.45, 2.75) is 41.5 Å². The highest BCUT2D eigenvalue weighted by atomic mass is 32.5. The molecule has 0 bridgehead atoms. The quantitative estimate of drug-likeness (QED) is 0.131. The summed E-state index contributed by atoms with van der Waals surface area (Å²) in [4.78, 5) is 0. The molecule has 0 saturated heterocycles. The van der Waals surface area contributed by atoms with Crippen molar-refractivity contribution in [3.63, 3.8) is 0 Å². The maximum absolute atomic E-state index is 2.44. The molecular weight excluding hydrogens is 669 g/mol. The lowest BCUT2D eigenvalue weighted by atomic mass is 9.89. The van der Waals surface area contributed by atoms with Crippen LogP contribution in [0.15, 0.2) is 164 Å². The van der Waals surface area contributed by atoms with Crippen LogP contribution in [0.25, 0.3) is 22.3 Å². The third-order valence-corrected chi connectivity index (χ3v) is 23.8. The average Bonchev–Trinajstić information content (AvgIpc) is 3.12. The Morgan fingerprint density at radius 1 is 0.314 bits per heavy atom. The first-order valence-corrected chi connectivity index (χ1v) is 23.2. The van der Waals surface area contributed by atoms with Crippen LogP contribution in [-0.2, 0) is 0 Å². The van der Waals surface area contributed by atoms with Gasteiger partial charge in [-0.2, -0.15) is 0 Å². The molecule has 7 aromatic rings. The Labute approximate surface area is 308 Å². The first kappa shape index (κ1) is 35.2. The van der Waals surface area contributed by atoms with E-state index in [1.807, 2.05) is 0 Å². The Bertz CT molecular complexity index is 1980. The zero-order valence-corrected chi connectivity index (χ0v) is 33.1. The van der Waals surface area contributed by atoms with E-state index in [1.54, 1.807) is 0 Å². The summed E-state index contributed by atoms with van der Waals surface area (Å²) in [5.41, 5.74) is 13.5. The van der Waals surface area contributed by atoms with Crippen LogP contribution >= 0.6 is 22.5 Å². The van der Waals surface area contributed by atoms with Crippen molar-refractivity contribution in [3.05, 3.63) is 197 Å². The second-order valence-corrected chi connectivity index (χ2v) is 23.6. The monoisotopic (exact) mass is 714 g/mol. The molecule has 252 valence electrons. The molecule has 0 aliphatic carbocycles. The van der Waals surface area contributed by atoms with Crippen molar-refractivity contribution in [2.75, 3.05) is 0 Å². The van der Waals surface area contributed by atoms with E-state index in [2.05, 4.69) is 205 Å². The van der Waals surface area contributed by atoms with Gasteiger partial charge >= 0.3 is 0 Å². The number of hydrogen-bond acceptors (Lipinski definition) is 0. The van der Waals surface area contributed by atoms with Gasteiger partial charge in [0.25, 0.3) is 0 Å². The number of benzene rings is 7. The molecule has 0 aliphatic heterocycles. The lowest BCUT2D eigenvalue weighted by Gasteiger charge is -2.39. The van der Waals surface area contributed by atoms with Gasteiger partial charge in [-0.05, 0) is 130 Å². The van der Waals surface area contributed by atoms with Gasteiger partial charge in [0.05, 0.1) is 0 Å². The topological polar surface area (TPSA) is 0 Å². The van der Waals surface area contributed by atoms with E-state index in [9.17, 15) is 0 Å². The molecule has 0 spiro atoms. The van der Waals surface area contributed by atoms with Gasteiger partial charge in [0.1, 0.15) is 0 Å². The molecule has 0 amide bonds. The van der Waals surface area contributed by atoms with Crippen molar-refractivity contribution < 1.29 is 0 Å². The van der Waals surface area contributed by atoms with Crippen LogP contribution in [0.3, 0.4) is 0 Å². The number of aryl methyl sites for hydroxylation is 6. The summed E-state index contributed by atoms with van der Waals surface area (Å²) in [7, 11) is -2.61. The molecule has 0 unspecified atom stereocenters. The minimum absolute atomic E-state index is 0.848. The molecule has 0 heterocycles. The van der Waals surface area contributed by atoms with Gasteiger partial charge in [0.15, 0.2) is 0 Å². The van der Waals surface area contributed by atoms with Crippen LogP contribution in [0.4, 0.5) is 0 Å². The molecule has 0 N–H and O–H groups in total. The first-order valence-electron chi connectivity index (χ1n) is 17.7. The van der Waals surface area contributed by atoms with E-state index < -0.39 is 22.5 Å². The Kier molecular flexibility index (Phi) is 10.8. The van der Waals surface area contributed by atoms with Crippen LogP contribution in [0.2, 0.25) is 0 Å². The van der Waals surface area contributed by atoms with Crippen molar-refractivity contribution in [1.29, 1.82) is 0 Å². The molecule has 0 fully saturated rings. The van der Waals surface area contributed by atoms with Crippen LogP contribution in [0.1, 0.15) is 33.4 Å². The van der Waals surface area contributed by atoms with Gasteiger partial charge in [0.2, 0.25) is 0 Å². The fourth-order valence-corrected chi connectivity index (χ4v) is 24.9. The van der Waals surface area contributed by atoms with Crippen molar-refractivity contribution in [1.82, 2.24) is 0 Å². The Hall–Kier alpha value is -4.17. The van der Waals surface area contributed by atoms with Crippen molar-refractivity contribution in [2.24, 2.45) is 0 Å². The average molecular weight is 715 g/mol. The molecule has 0 radical (unpaired) electrons. The van der Waals surface area contributed by atoms with E-state index in [1.165, 1.54) is 82.2 Å². The Morgan fingerprint density at radius 3 is 0.863 bits per heavy atom. The van der Waals surface area contributed by atoms with Gasteiger partial charge in [-0.1, -0.05) is 175 Å². The highest BCUT2D eigenvalue weighted by molar-refractivity contribution is 8.69. The third-order valence-electron chi connectivity index (χ3n) is 9.51. The van der Waals surface area contributed by atoms with E-state index in [0.717, 1.165) is 0 Å². The minimum Gasteiger partial charge on any atom is -0.0622 e. The molecule has 51 heavy (non-hydrogen) atoms. The zero-order valence-electron chi connectivity index (χ0n) is 30.4. The molecule has 3 heteroatoms. The van der Waals surface area contributed by atoms with Gasteiger partial charge < -0.3 is 0 Å². The summed E-state index contributed by atoms with van der Waals surface area (Å²) < 4.78 is 0. The maximum atomic E-state index is 2.44. The molecule has 0 aliphatic rings. The molecule has 0 nitrogen and oxygen atoms in total. The number of rotatable bonds is 9.